The highest BCUT2D eigenvalue weighted by atomic mass is 19.4. The van der Waals surface area contributed by atoms with Crippen molar-refractivity contribution >= 4 is 0 Å². The highest BCUT2D eigenvalue weighted by Crippen LogP contribution is 2.14. The zero-order chi connectivity index (χ0) is 11.9. The second-order valence-electron chi connectivity index (χ2n) is 2.81. The molecule has 8 heteroatoms. The second kappa shape index (κ2) is 6.16. The third kappa shape index (κ3) is 13.5. The molecule has 0 amide bonds. The molecule has 0 aliphatic carbocycles. The minimum absolute atomic E-state index is 0.0304. The number of hydrogen-bond donors (Lipinski definition) is 1. The molecule has 0 heterocycles. The van der Waals surface area contributed by atoms with Gasteiger partial charge in [0.25, 0.3) is 0 Å². The minimum atomic E-state index is -4.39. The van der Waals surface area contributed by atoms with Crippen molar-refractivity contribution in [2.75, 3.05) is 26.3 Å². The van der Waals surface area contributed by atoms with E-state index in [4.69, 9.17) is 0 Å². The van der Waals surface area contributed by atoms with Crippen molar-refractivity contribution in [3.8, 4) is 0 Å². The summed E-state index contributed by atoms with van der Waals surface area (Å²) < 4.78 is 73.3. The van der Waals surface area contributed by atoms with E-state index in [1.54, 1.807) is 0 Å². The third-order valence-electron chi connectivity index (χ3n) is 1.23. The van der Waals surface area contributed by atoms with E-state index in [-0.39, 0.29) is 19.6 Å². The first-order valence-electron chi connectivity index (χ1n) is 4.13. The van der Waals surface area contributed by atoms with Crippen molar-refractivity contribution in [1.82, 2.24) is 5.32 Å². The summed E-state index contributed by atoms with van der Waals surface area (Å²) in [5, 5.41) is 2.04. The fraction of sp³-hybridized carbons (Fsp3) is 1.00. The number of rotatable bonds is 6. The van der Waals surface area contributed by atoms with E-state index in [1.165, 1.54) is 0 Å². The standard InChI is InChI=1S/C7H11F6NO/c8-6(9,10)4-14-2-1-3-15-5-7(11,12)13/h14H,1-5H2. The van der Waals surface area contributed by atoms with Gasteiger partial charge in [0, 0.05) is 6.61 Å². The van der Waals surface area contributed by atoms with E-state index < -0.39 is 25.5 Å². The van der Waals surface area contributed by atoms with Gasteiger partial charge in [0.15, 0.2) is 0 Å². The molecule has 0 aromatic rings. The van der Waals surface area contributed by atoms with Crippen molar-refractivity contribution in [3.05, 3.63) is 0 Å². The molecular weight excluding hydrogens is 228 g/mol. The maximum absolute atomic E-state index is 11.5. The largest absolute Gasteiger partial charge is 0.411 e. The third-order valence-corrected chi connectivity index (χ3v) is 1.23. The smallest absolute Gasteiger partial charge is 0.372 e. The SMILES string of the molecule is FC(F)(F)CNCCCOCC(F)(F)F. The summed E-state index contributed by atoms with van der Waals surface area (Å²) in [5.41, 5.74) is 0. The van der Waals surface area contributed by atoms with Crippen molar-refractivity contribution in [3.63, 3.8) is 0 Å². The molecule has 0 aliphatic rings. The van der Waals surface area contributed by atoms with Crippen LogP contribution in [0.3, 0.4) is 0 Å². The Labute approximate surface area is 82.6 Å². The fourth-order valence-corrected chi connectivity index (χ4v) is 0.717. The van der Waals surface area contributed by atoms with Gasteiger partial charge in [-0.1, -0.05) is 0 Å². The first-order chi connectivity index (χ1) is 6.71. The summed E-state index contributed by atoms with van der Waals surface area (Å²) in [5.74, 6) is 0. The fourth-order valence-electron chi connectivity index (χ4n) is 0.717. The van der Waals surface area contributed by atoms with Crippen LogP contribution in [0.1, 0.15) is 6.42 Å². The molecule has 0 fully saturated rings. The van der Waals surface area contributed by atoms with Crippen LogP contribution in [0.4, 0.5) is 26.3 Å². The molecule has 0 saturated heterocycles. The summed E-state index contributed by atoms with van der Waals surface area (Å²) in [6.07, 6.45) is -8.58. The predicted molar refractivity (Wildman–Crippen MR) is 40.4 cm³/mol. The predicted octanol–water partition coefficient (Wildman–Crippen LogP) is 2.11. The number of hydrogen-bond acceptors (Lipinski definition) is 2. The van der Waals surface area contributed by atoms with Gasteiger partial charge in [-0.3, -0.25) is 0 Å². The Kier molecular flexibility index (Phi) is 5.96. The summed E-state index contributed by atoms with van der Waals surface area (Å²) in [7, 11) is 0. The lowest BCUT2D eigenvalue weighted by Gasteiger charge is -2.09. The quantitative estimate of drug-likeness (QED) is 0.566. The van der Waals surface area contributed by atoms with Crippen LogP contribution < -0.4 is 5.32 Å². The van der Waals surface area contributed by atoms with Crippen LogP contribution in [0.25, 0.3) is 0 Å². The zero-order valence-corrected chi connectivity index (χ0v) is 7.71. The average molecular weight is 239 g/mol. The lowest BCUT2D eigenvalue weighted by Crippen LogP contribution is -2.30. The molecule has 0 bridgehead atoms. The second-order valence-corrected chi connectivity index (χ2v) is 2.81. The minimum Gasteiger partial charge on any atom is -0.372 e. The molecule has 0 aliphatic heterocycles. The van der Waals surface area contributed by atoms with Crippen LogP contribution >= 0.6 is 0 Å². The molecule has 0 radical (unpaired) electrons. The van der Waals surface area contributed by atoms with Crippen LogP contribution in [0, 0.1) is 0 Å². The van der Waals surface area contributed by atoms with Gasteiger partial charge in [-0.05, 0) is 13.0 Å². The molecular formula is C7H11F6NO. The first kappa shape index (κ1) is 14.5. The summed E-state index contributed by atoms with van der Waals surface area (Å²) >= 11 is 0. The van der Waals surface area contributed by atoms with Crippen LogP contribution in [0.5, 0.6) is 0 Å². The van der Waals surface area contributed by atoms with Crippen molar-refractivity contribution in [2.24, 2.45) is 0 Å². The average Bonchev–Trinajstić information content (AvgIpc) is 1.98. The molecule has 0 unspecified atom stereocenters. The Bertz CT molecular complexity index is 148. The van der Waals surface area contributed by atoms with Crippen LogP contribution in [-0.4, -0.2) is 38.7 Å². The van der Waals surface area contributed by atoms with Gasteiger partial charge >= 0.3 is 12.4 Å². The molecule has 15 heavy (non-hydrogen) atoms. The molecule has 2 nitrogen and oxygen atoms in total. The Hall–Kier alpha value is -0.500. The van der Waals surface area contributed by atoms with Gasteiger partial charge in [0.05, 0.1) is 6.54 Å². The molecule has 0 atom stereocenters. The van der Waals surface area contributed by atoms with Crippen LogP contribution in [0.15, 0.2) is 0 Å². The van der Waals surface area contributed by atoms with Gasteiger partial charge in [-0.25, -0.2) is 0 Å². The Morgan fingerprint density at radius 2 is 1.53 bits per heavy atom. The molecule has 1 N–H and O–H groups in total. The molecule has 0 aromatic heterocycles. The number of alkyl halides is 6. The number of nitrogens with one attached hydrogen (secondary N) is 1. The first-order valence-corrected chi connectivity index (χ1v) is 4.13. The monoisotopic (exact) mass is 239 g/mol. The van der Waals surface area contributed by atoms with E-state index in [0.717, 1.165) is 0 Å². The van der Waals surface area contributed by atoms with Crippen molar-refractivity contribution in [2.45, 2.75) is 18.8 Å². The lowest BCUT2D eigenvalue weighted by molar-refractivity contribution is -0.174. The Morgan fingerprint density at radius 3 is 2.00 bits per heavy atom. The Balaban J connectivity index is 3.20. The van der Waals surface area contributed by atoms with Gasteiger partial charge in [-0.15, -0.1) is 0 Å². The summed E-state index contributed by atoms with van der Waals surface area (Å²) in [6.45, 7) is -2.76. The lowest BCUT2D eigenvalue weighted by atomic mass is 10.4. The highest BCUT2D eigenvalue weighted by Gasteiger charge is 2.27. The number of halogens is 6. The summed E-state index contributed by atoms with van der Waals surface area (Å²) in [4.78, 5) is 0. The van der Waals surface area contributed by atoms with Crippen LogP contribution in [-0.2, 0) is 4.74 Å². The van der Waals surface area contributed by atoms with Crippen molar-refractivity contribution in [1.29, 1.82) is 0 Å². The maximum atomic E-state index is 11.5. The van der Waals surface area contributed by atoms with Gasteiger partial charge < -0.3 is 10.1 Å². The highest BCUT2D eigenvalue weighted by molar-refractivity contribution is 4.55. The molecule has 0 aromatic carbocycles. The topological polar surface area (TPSA) is 21.3 Å². The Morgan fingerprint density at radius 1 is 0.933 bits per heavy atom. The van der Waals surface area contributed by atoms with E-state index in [9.17, 15) is 26.3 Å². The van der Waals surface area contributed by atoms with Crippen LogP contribution in [0.2, 0.25) is 0 Å². The normalized spacial score (nSPS) is 13.2. The molecule has 0 rings (SSSR count). The van der Waals surface area contributed by atoms with Gasteiger partial charge in [-0.2, -0.15) is 26.3 Å². The number of ether oxygens (including phenoxy) is 1. The van der Waals surface area contributed by atoms with Crippen molar-refractivity contribution < 1.29 is 31.1 Å². The van der Waals surface area contributed by atoms with Gasteiger partial charge in [0.1, 0.15) is 6.61 Å². The molecule has 0 spiro atoms. The molecule has 0 saturated carbocycles. The molecule has 92 valence electrons. The summed E-state index contributed by atoms with van der Waals surface area (Å²) in [6, 6.07) is 0. The van der Waals surface area contributed by atoms with Gasteiger partial charge in [0.2, 0.25) is 0 Å². The zero-order valence-electron chi connectivity index (χ0n) is 7.71. The van der Waals surface area contributed by atoms with E-state index in [1.807, 2.05) is 5.32 Å². The van der Waals surface area contributed by atoms with E-state index in [0.29, 0.717) is 0 Å². The van der Waals surface area contributed by atoms with E-state index >= 15 is 0 Å². The van der Waals surface area contributed by atoms with E-state index in [2.05, 4.69) is 4.74 Å². The maximum Gasteiger partial charge on any atom is 0.411 e.